The quantitative estimate of drug-likeness (QED) is 0.623. The number of hydrogen-bond donors (Lipinski definition) is 1. The van der Waals surface area contributed by atoms with Crippen LogP contribution in [0, 0.1) is 0 Å². The maximum atomic E-state index is 12.4. The van der Waals surface area contributed by atoms with Gasteiger partial charge >= 0.3 is 5.97 Å². The second-order valence-electron chi connectivity index (χ2n) is 4.52. The highest BCUT2D eigenvalue weighted by Gasteiger charge is 2.20. The van der Waals surface area contributed by atoms with E-state index >= 15 is 0 Å². The number of rotatable bonds is 5. The molecule has 0 fully saturated rings. The first-order chi connectivity index (χ1) is 10.9. The van der Waals surface area contributed by atoms with Crippen LogP contribution < -0.4 is 4.72 Å². The number of esters is 1. The molecule has 0 saturated heterocycles. The predicted molar refractivity (Wildman–Crippen MR) is 90.9 cm³/mol. The number of benzene rings is 2. The number of sulfonamides is 1. The Labute approximate surface area is 143 Å². The fraction of sp³-hybridized carbons (Fsp3) is 0.0625. The lowest BCUT2D eigenvalue weighted by Gasteiger charge is -2.10. The van der Waals surface area contributed by atoms with Crippen LogP contribution in [-0.4, -0.2) is 21.5 Å². The Morgan fingerprint density at radius 1 is 1.09 bits per heavy atom. The normalized spacial score (nSPS) is 11.8. The van der Waals surface area contributed by atoms with Crippen molar-refractivity contribution in [1.82, 2.24) is 4.72 Å². The van der Waals surface area contributed by atoms with Crippen molar-refractivity contribution in [2.24, 2.45) is 0 Å². The molecule has 0 radical (unpaired) electrons. The van der Waals surface area contributed by atoms with Gasteiger partial charge in [-0.25, -0.2) is 13.2 Å². The largest absolute Gasteiger partial charge is 0.464 e. The third kappa shape index (κ3) is 4.67. The molecule has 2 aromatic rings. The Morgan fingerprint density at radius 2 is 1.70 bits per heavy atom. The summed E-state index contributed by atoms with van der Waals surface area (Å²) in [6.07, 6.45) is 1.42. The van der Waals surface area contributed by atoms with Crippen molar-refractivity contribution < 1.29 is 17.9 Å². The third-order valence-electron chi connectivity index (χ3n) is 2.88. The van der Waals surface area contributed by atoms with Gasteiger partial charge in [-0.3, -0.25) is 4.72 Å². The van der Waals surface area contributed by atoms with Gasteiger partial charge in [0, 0.05) is 4.47 Å². The summed E-state index contributed by atoms with van der Waals surface area (Å²) in [6.45, 7) is 0. The second kappa shape index (κ2) is 7.43. The number of nitrogens with one attached hydrogen (secondary N) is 1. The van der Waals surface area contributed by atoms with Crippen molar-refractivity contribution >= 4 is 38.0 Å². The lowest BCUT2D eigenvalue weighted by atomic mass is 10.2. The fourth-order valence-electron chi connectivity index (χ4n) is 1.77. The molecule has 2 aromatic carbocycles. The number of halogens is 1. The molecule has 23 heavy (non-hydrogen) atoms. The molecule has 120 valence electrons. The van der Waals surface area contributed by atoms with Crippen LogP contribution >= 0.6 is 15.9 Å². The topological polar surface area (TPSA) is 72.5 Å². The Balaban J connectivity index is 2.36. The molecule has 0 aromatic heterocycles. The molecule has 0 heterocycles. The van der Waals surface area contributed by atoms with Gasteiger partial charge in [0.25, 0.3) is 10.0 Å². The van der Waals surface area contributed by atoms with Gasteiger partial charge in [-0.15, -0.1) is 0 Å². The van der Waals surface area contributed by atoms with E-state index in [9.17, 15) is 13.2 Å². The lowest BCUT2D eigenvalue weighted by molar-refractivity contribution is -0.136. The van der Waals surface area contributed by atoms with Crippen molar-refractivity contribution in [2.45, 2.75) is 4.90 Å². The molecule has 0 saturated carbocycles. The van der Waals surface area contributed by atoms with Gasteiger partial charge in [-0.2, -0.15) is 0 Å². The molecule has 0 amide bonds. The van der Waals surface area contributed by atoms with Gasteiger partial charge in [0.15, 0.2) is 0 Å². The molecule has 0 spiro atoms. The standard InChI is InChI=1S/C16H14BrNO4S/c1-22-16(19)15(11-12-5-3-2-4-6-12)18-23(20,21)14-9-7-13(17)8-10-14/h2-11,18H,1H3/b15-11-. The van der Waals surface area contributed by atoms with Crippen LogP contribution in [0.5, 0.6) is 0 Å². The van der Waals surface area contributed by atoms with Crippen LogP contribution in [-0.2, 0) is 19.6 Å². The summed E-state index contributed by atoms with van der Waals surface area (Å²) in [6, 6.07) is 15.0. The molecular formula is C16H14BrNO4S. The predicted octanol–water partition coefficient (Wildman–Crippen LogP) is 2.94. The van der Waals surface area contributed by atoms with Gasteiger partial charge in [-0.05, 0) is 35.9 Å². The lowest BCUT2D eigenvalue weighted by Crippen LogP contribution is -2.28. The minimum absolute atomic E-state index is 0.0450. The monoisotopic (exact) mass is 395 g/mol. The van der Waals surface area contributed by atoms with Crippen LogP contribution in [0.3, 0.4) is 0 Å². The van der Waals surface area contributed by atoms with Crippen LogP contribution in [0.4, 0.5) is 0 Å². The van der Waals surface area contributed by atoms with Gasteiger partial charge in [0.2, 0.25) is 0 Å². The highest BCUT2D eigenvalue weighted by atomic mass is 79.9. The van der Waals surface area contributed by atoms with Gasteiger partial charge in [0.05, 0.1) is 12.0 Å². The zero-order chi connectivity index (χ0) is 16.9. The molecule has 0 aliphatic heterocycles. The van der Waals surface area contributed by atoms with Crippen molar-refractivity contribution in [3.05, 3.63) is 70.3 Å². The minimum Gasteiger partial charge on any atom is -0.464 e. The Kier molecular flexibility index (Phi) is 5.57. The molecule has 0 unspecified atom stereocenters. The Bertz CT molecular complexity index is 815. The summed E-state index contributed by atoms with van der Waals surface area (Å²) in [5.41, 5.74) is 0.507. The molecule has 0 bridgehead atoms. The molecule has 0 aliphatic rings. The van der Waals surface area contributed by atoms with E-state index in [-0.39, 0.29) is 10.6 Å². The smallest absolute Gasteiger partial charge is 0.355 e. The first-order valence-electron chi connectivity index (χ1n) is 6.56. The van der Waals surface area contributed by atoms with Crippen molar-refractivity contribution in [1.29, 1.82) is 0 Å². The van der Waals surface area contributed by atoms with Crippen LogP contribution in [0.1, 0.15) is 5.56 Å². The van der Waals surface area contributed by atoms with Crippen molar-refractivity contribution in [2.75, 3.05) is 7.11 Å². The Hall–Kier alpha value is -2.12. The molecule has 1 N–H and O–H groups in total. The summed E-state index contributed by atoms with van der Waals surface area (Å²) >= 11 is 3.24. The minimum atomic E-state index is -3.89. The van der Waals surface area contributed by atoms with Gasteiger partial charge in [-0.1, -0.05) is 46.3 Å². The zero-order valence-electron chi connectivity index (χ0n) is 12.2. The molecule has 0 atom stereocenters. The van der Waals surface area contributed by atoms with Gasteiger partial charge < -0.3 is 4.74 Å². The molecule has 7 heteroatoms. The number of hydrogen-bond acceptors (Lipinski definition) is 4. The molecule has 5 nitrogen and oxygen atoms in total. The first kappa shape index (κ1) is 17.2. The average molecular weight is 396 g/mol. The van der Waals surface area contributed by atoms with Crippen LogP contribution in [0.15, 0.2) is 69.7 Å². The summed E-state index contributed by atoms with van der Waals surface area (Å²) in [5.74, 6) is -0.769. The number of carbonyl (C=O) groups excluding carboxylic acids is 1. The summed E-state index contributed by atoms with van der Waals surface area (Å²) in [5, 5.41) is 0. The van der Waals surface area contributed by atoms with E-state index in [2.05, 4.69) is 25.4 Å². The number of methoxy groups -OCH3 is 1. The average Bonchev–Trinajstić information content (AvgIpc) is 2.54. The van der Waals surface area contributed by atoms with Gasteiger partial charge in [0.1, 0.15) is 5.70 Å². The summed E-state index contributed by atoms with van der Waals surface area (Å²) in [4.78, 5) is 11.9. The third-order valence-corrected chi connectivity index (χ3v) is 4.79. The molecule has 2 rings (SSSR count). The SMILES string of the molecule is COC(=O)/C(=C/c1ccccc1)NS(=O)(=O)c1ccc(Br)cc1. The maximum absolute atomic E-state index is 12.4. The van der Waals surface area contributed by atoms with Crippen LogP contribution in [0.25, 0.3) is 6.08 Å². The summed E-state index contributed by atoms with van der Waals surface area (Å²) in [7, 11) is -2.70. The van der Waals surface area contributed by atoms with Crippen molar-refractivity contribution in [3.8, 4) is 0 Å². The van der Waals surface area contributed by atoms with Crippen LogP contribution in [0.2, 0.25) is 0 Å². The number of ether oxygens (including phenoxy) is 1. The van der Waals surface area contributed by atoms with E-state index in [0.717, 1.165) is 4.47 Å². The summed E-state index contributed by atoms with van der Waals surface area (Å²) < 4.78 is 32.4. The van der Waals surface area contributed by atoms with Crippen molar-refractivity contribution in [3.63, 3.8) is 0 Å². The highest BCUT2D eigenvalue weighted by Crippen LogP contribution is 2.16. The molecule has 0 aliphatic carbocycles. The Morgan fingerprint density at radius 3 is 2.26 bits per heavy atom. The molecular weight excluding hydrogens is 382 g/mol. The zero-order valence-corrected chi connectivity index (χ0v) is 14.6. The number of carbonyl (C=O) groups is 1. The van der Waals surface area contributed by atoms with E-state index < -0.39 is 16.0 Å². The first-order valence-corrected chi connectivity index (χ1v) is 8.83. The fourth-order valence-corrected chi connectivity index (χ4v) is 3.08. The van der Waals surface area contributed by atoms with E-state index in [1.165, 1.54) is 25.3 Å². The van der Waals surface area contributed by atoms with E-state index in [1.54, 1.807) is 36.4 Å². The van der Waals surface area contributed by atoms with E-state index in [0.29, 0.717) is 5.56 Å². The van der Waals surface area contributed by atoms with E-state index in [1.807, 2.05) is 6.07 Å². The maximum Gasteiger partial charge on any atom is 0.355 e. The van der Waals surface area contributed by atoms with E-state index in [4.69, 9.17) is 0 Å². The highest BCUT2D eigenvalue weighted by molar-refractivity contribution is 9.10. The second-order valence-corrected chi connectivity index (χ2v) is 7.12.